The third kappa shape index (κ3) is 4.07. The number of rotatable bonds is 6. The van der Waals surface area contributed by atoms with E-state index in [9.17, 15) is 4.79 Å². The zero-order chi connectivity index (χ0) is 15.1. The largest absolute Gasteiger partial charge is 0.497 e. The highest BCUT2D eigenvalue weighted by Gasteiger charge is 2.13. The van der Waals surface area contributed by atoms with Crippen LogP contribution >= 0.6 is 0 Å². The van der Waals surface area contributed by atoms with Crippen LogP contribution < -0.4 is 10.1 Å². The van der Waals surface area contributed by atoms with Crippen LogP contribution in [0.4, 0.5) is 0 Å². The summed E-state index contributed by atoms with van der Waals surface area (Å²) in [6, 6.07) is 16.7. The standard InChI is InChI=1S/C17H19NO3/c1-20-15-10-8-13(9-11-15)16(21-2)12-18-17(19)14-6-4-3-5-7-14/h3-11,16H,12H2,1-2H3,(H,18,19)/t16-/m1/s1. The number of hydrogen-bond donors (Lipinski definition) is 1. The van der Waals surface area contributed by atoms with Crippen LogP contribution in [0.5, 0.6) is 5.75 Å². The minimum absolute atomic E-state index is 0.105. The third-order valence-corrected chi connectivity index (χ3v) is 3.26. The lowest BCUT2D eigenvalue weighted by atomic mass is 10.1. The molecule has 0 saturated heterocycles. The molecule has 1 amide bonds. The van der Waals surface area contributed by atoms with Crippen LogP contribution in [-0.4, -0.2) is 26.7 Å². The summed E-state index contributed by atoms with van der Waals surface area (Å²) in [5.74, 6) is 0.688. The van der Waals surface area contributed by atoms with E-state index in [1.807, 2.05) is 42.5 Å². The first-order valence-corrected chi connectivity index (χ1v) is 6.74. The number of carbonyl (C=O) groups excluding carboxylic acids is 1. The van der Waals surface area contributed by atoms with Crippen molar-refractivity contribution in [2.75, 3.05) is 20.8 Å². The van der Waals surface area contributed by atoms with Gasteiger partial charge in [-0.1, -0.05) is 30.3 Å². The van der Waals surface area contributed by atoms with Crippen LogP contribution in [0.1, 0.15) is 22.0 Å². The lowest BCUT2D eigenvalue weighted by molar-refractivity contribution is 0.0827. The summed E-state index contributed by atoms with van der Waals surface area (Å²) in [5, 5.41) is 2.88. The molecule has 0 saturated carbocycles. The van der Waals surface area contributed by atoms with Crippen LogP contribution in [0.3, 0.4) is 0 Å². The lowest BCUT2D eigenvalue weighted by Crippen LogP contribution is -2.29. The fraction of sp³-hybridized carbons (Fsp3) is 0.235. The highest BCUT2D eigenvalue weighted by Crippen LogP contribution is 2.19. The van der Waals surface area contributed by atoms with E-state index in [-0.39, 0.29) is 12.0 Å². The maximum atomic E-state index is 12.0. The predicted octanol–water partition coefficient (Wildman–Crippen LogP) is 2.81. The molecule has 1 atom stereocenters. The number of hydrogen-bond acceptors (Lipinski definition) is 3. The van der Waals surface area contributed by atoms with Gasteiger partial charge >= 0.3 is 0 Å². The maximum Gasteiger partial charge on any atom is 0.251 e. The van der Waals surface area contributed by atoms with Gasteiger partial charge in [-0.05, 0) is 29.8 Å². The average molecular weight is 285 g/mol. The fourth-order valence-corrected chi connectivity index (χ4v) is 2.03. The molecule has 0 aliphatic rings. The van der Waals surface area contributed by atoms with Gasteiger partial charge in [-0.2, -0.15) is 0 Å². The highest BCUT2D eigenvalue weighted by molar-refractivity contribution is 5.94. The van der Waals surface area contributed by atoms with Crippen molar-refractivity contribution in [1.29, 1.82) is 0 Å². The third-order valence-electron chi connectivity index (χ3n) is 3.26. The van der Waals surface area contributed by atoms with Gasteiger partial charge in [0, 0.05) is 19.2 Å². The van der Waals surface area contributed by atoms with Gasteiger partial charge in [-0.15, -0.1) is 0 Å². The Balaban J connectivity index is 1.97. The van der Waals surface area contributed by atoms with Crippen molar-refractivity contribution in [3.63, 3.8) is 0 Å². The van der Waals surface area contributed by atoms with Crippen molar-refractivity contribution in [2.45, 2.75) is 6.10 Å². The minimum atomic E-state index is -0.191. The Morgan fingerprint density at radius 3 is 2.29 bits per heavy atom. The Morgan fingerprint density at radius 2 is 1.71 bits per heavy atom. The van der Waals surface area contributed by atoms with E-state index in [1.54, 1.807) is 26.4 Å². The summed E-state index contributed by atoms with van der Waals surface area (Å²) >= 11 is 0. The van der Waals surface area contributed by atoms with Gasteiger partial charge in [0.15, 0.2) is 0 Å². The van der Waals surface area contributed by atoms with Crippen LogP contribution in [0, 0.1) is 0 Å². The topological polar surface area (TPSA) is 47.6 Å². The van der Waals surface area contributed by atoms with E-state index < -0.39 is 0 Å². The van der Waals surface area contributed by atoms with E-state index in [0.717, 1.165) is 11.3 Å². The Labute approximate surface area is 124 Å². The highest BCUT2D eigenvalue weighted by atomic mass is 16.5. The second kappa shape index (κ2) is 7.45. The SMILES string of the molecule is COc1ccc([C@@H](CNC(=O)c2ccccc2)OC)cc1. The molecule has 2 aromatic rings. The van der Waals surface area contributed by atoms with Gasteiger partial charge in [-0.3, -0.25) is 4.79 Å². The van der Waals surface area contributed by atoms with E-state index in [1.165, 1.54) is 0 Å². The number of methoxy groups -OCH3 is 2. The zero-order valence-electron chi connectivity index (χ0n) is 12.2. The summed E-state index contributed by atoms with van der Waals surface area (Å²) < 4.78 is 10.6. The molecule has 2 rings (SSSR count). The van der Waals surface area contributed by atoms with Crippen molar-refractivity contribution in [3.8, 4) is 5.75 Å². The van der Waals surface area contributed by atoms with Gasteiger partial charge in [0.25, 0.3) is 5.91 Å². The molecule has 2 aromatic carbocycles. The molecule has 0 aliphatic heterocycles. The number of nitrogens with one attached hydrogen (secondary N) is 1. The van der Waals surface area contributed by atoms with Crippen molar-refractivity contribution < 1.29 is 14.3 Å². The molecule has 0 spiro atoms. The quantitative estimate of drug-likeness (QED) is 0.887. The molecule has 0 aromatic heterocycles. The zero-order valence-corrected chi connectivity index (χ0v) is 12.2. The fourth-order valence-electron chi connectivity index (χ4n) is 2.03. The first kappa shape index (κ1) is 15.1. The lowest BCUT2D eigenvalue weighted by Gasteiger charge is -2.17. The maximum absolute atomic E-state index is 12.0. The van der Waals surface area contributed by atoms with Crippen molar-refractivity contribution >= 4 is 5.91 Å². The summed E-state index contributed by atoms with van der Waals surface area (Å²) in [5.41, 5.74) is 1.63. The number of ether oxygens (including phenoxy) is 2. The molecule has 0 unspecified atom stereocenters. The monoisotopic (exact) mass is 285 g/mol. The molecule has 110 valence electrons. The summed E-state index contributed by atoms with van der Waals surface area (Å²) in [6.07, 6.45) is -0.191. The van der Waals surface area contributed by atoms with Gasteiger partial charge in [0.1, 0.15) is 5.75 Å². The summed E-state index contributed by atoms with van der Waals surface area (Å²) in [7, 11) is 3.26. The summed E-state index contributed by atoms with van der Waals surface area (Å²) in [6.45, 7) is 0.413. The molecule has 4 nitrogen and oxygen atoms in total. The Hall–Kier alpha value is -2.33. The van der Waals surface area contributed by atoms with E-state index in [2.05, 4.69) is 5.32 Å². The molecule has 0 bridgehead atoms. The number of benzene rings is 2. The molecule has 0 aliphatic carbocycles. The molecule has 21 heavy (non-hydrogen) atoms. The molecule has 0 radical (unpaired) electrons. The van der Waals surface area contributed by atoms with Crippen LogP contribution in [0.25, 0.3) is 0 Å². The van der Waals surface area contributed by atoms with E-state index >= 15 is 0 Å². The molecular formula is C17H19NO3. The van der Waals surface area contributed by atoms with Crippen LogP contribution in [-0.2, 0) is 4.74 Å². The molecule has 4 heteroatoms. The number of amides is 1. The molecule has 1 N–H and O–H groups in total. The second-order valence-electron chi connectivity index (χ2n) is 4.57. The Morgan fingerprint density at radius 1 is 1.05 bits per heavy atom. The van der Waals surface area contributed by atoms with Crippen molar-refractivity contribution in [2.24, 2.45) is 0 Å². The number of carbonyl (C=O) groups is 1. The van der Waals surface area contributed by atoms with Crippen LogP contribution in [0.15, 0.2) is 54.6 Å². The van der Waals surface area contributed by atoms with Crippen molar-refractivity contribution in [3.05, 3.63) is 65.7 Å². The second-order valence-corrected chi connectivity index (χ2v) is 4.57. The smallest absolute Gasteiger partial charge is 0.251 e. The minimum Gasteiger partial charge on any atom is -0.497 e. The van der Waals surface area contributed by atoms with Gasteiger partial charge < -0.3 is 14.8 Å². The first-order chi connectivity index (χ1) is 10.2. The van der Waals surface area contributed by atoms with E-state index in [0.29, 0.717) is 12.1 Å². The predicted molar refractivity (Wildman–Crippen MR) is 81.5 cm³/mol. The van der Waals surface area contributed by atoms with Crippen molar-refractivity contribution in [1.82, 2.24) is 5.32 Å². The average Bonchev–Trinajstić information content (AvgIpc) is 2.56. The first-order valence-electron chi connectivity index (χ1n) is 6.74. The molecule has 0 fully saturated rings. The molecular weight excluding hydrogens is 266 g/mol. The Kier molecular flexibility index (Phi) is 5.35. The van der Waals surface area contributed by atoms with Gasteiger partial charge in [0.05, 0.1) is 13.2 Å². The van der Waals surface area contributed by atoms with E-state index in [4.69, 9.17) is 9.47 Å². The van der Waals surface area contributed by atoms with Crippen LogP contribution in [0.2, 0.25) is 0 Å². The van der Waals surface area contributed by atoms with Gasteiger partial charge in [0.2, 0.25) is 0 Å². The van der Waals surface area contributed by atoms with Gasteiger partial charge in [-0.25, -0.2) is 0 Å². The normalized spacial score (nSPS) is 11.7. The molecule has 0 heterocycles. The summed E-state index contributed by atoms with van der Waals surface area (Å²) in [4.78, 5) is 12.0. The Bertz CT molecular complexity index is 566.